The Morgan fingerprint density at radius 3 is 2.70 bits per heavy atom. The van der Waals surface area contributed by atoms with Crippen LogP contribution in [0, 0.1) is 5.82 Å². The first kappa shape index (κ1) is 18.3. The second-order valence-corrected chi connectivity index (χ2v) is 8.57. The Bertz CT molecular complexity index is 900. The number of rotatable bonds is 5. The average molecular weight is 403 g/mol. The highest BCUT2D eigenvalue weighted by atomic mass is 32.1. The molecule has 1 amide bonds. The number of aromatic nitrogens is 1. The number of nitrogens with zero attached hydrogens (tertiary/aromatic N) is 1. The fourth-order valence-electron chi connectivity index (χ4n) is 3.36. The van der Waals surface area contributed by atoms with E-state index in [0.29, 0.717) is 24.6 Å². The van der Waals surface area contributed by atoms with Gasteiger partial charge >= 0.3 is 0 Å². The number of carbonyl (C=O) groups excluding carboxylic acids is 1. The molecule has 3 heterocycles. The molecule has 3 aromatic rings. The number of thiophene rings is 1. The topological polar surface area (TPSA) is 51.2 Å². The summed E-state index contributed by atoms with van der Waals surface area (Å²) in [5.41, 5.74) is 0.805. The van der Waals surface area contributed by atoms with E-state index in [9.17, 15) is 9.18 Å². The van der Waals surface area contributed by atoms with Crippen LogP contribution < -0.4 is 5.32 Å². The number of thiazole rings is 1. The molecule has 0 aliphatic carbocycles. The van der Waals surface area contributed by atoms with E-state index in [2.05, 4.69) is 10.3 Å². The zero-order valence-corrected chi connectivity index (χ0v) is 16.2. The standard InChI is InChI=1S/C20H19FN2O2S2/c21-15-5-3-14(4-6-15)20(7-9-25-10-8-20)13-23-18(24)17-12-22-19(27-17)16-2-1-11-26-16/h1-6,11-12H,7-10,13H2,(H,23,24). The molecule has 2 aromatic heterocycles. The molecular formula is C20H19FN2O2S2. The van der Waals surface area contributed by atoms with Gasteiger partial charge in [0.2, 0.25) is 0 Å². The Hall–Kier alpha value is -2.09. The average Bonchev–Trinajstić information content (AvgIpc) is 3.39. The fourth-order valence-corrected chi connectivity index (χ4v) is 5.00. The van der Waals surface area contributed by atoms with E-state index in [4.69, 9.17) is 4.74 Å². The molecule has 1 N–H and O–H groups in total. The maximum atomic E-state index is 13.3. The molecule has 27 heavy (non-hydrogen) atoms. The maximum absolute atomic E-state index is 13.3. The summed E-state index contributed by atoms with van der Waals surface area (Å²) in [4.78, 5) is 18.7. The van der Waals surface area contributed by atoms with Gasteiger partial charge in [0, 0.05) is 25.2 Å². The van der Waals surface area contributed by atoms with Crippen LogP contribution in [-0.4, -0.2) is 30.6 Å². The van der Waals surface area contributed by atoms with Gasteiger partial charge in [-0.05, 0) is 42.0 Å². The first-order valence-corrected chi connectivity index (χ1v) is 10.5. The van der Waals surface area contributed by atoms with Gasteiger partial charge in [-0.2, -0.15) is 0 Å². The lowest BCUT2D eigenvalue weighted by molar-refractivity contribution is 0.0487. The summed E-state index contributed by atoms with van der Waals surface area (Å²) in [6.45, 7) is 1.76. The van der Waals surface area contributed by atoms with Crippen LogP contribution in [0.1, 0.15) is 28.1 Å². The highest BCUT2D eigenvalue weighted by Gasteiger charge is 2.35. The van der Waals surface area contributed by atoms with E-state index in [-0.39, 0.29) is 17.1 Å². The second-order valence-electron chi connectivity index (χ2n) is 6.59. The smallest absolute Gasteiger partial charge is 0.263 e. The molecule has 1 saturated heterocycles. The van der Waals surface area contributed by atoms with Gasteiger partial charge in [0.1, 0.15) is 15.7 Å². The number of carbonyl (C=O) groups is 1. The summed E-state index contributed by atoms with van der Waals surface area (Å²) in [7, 11) is 0. The van der Waals surface area contributed by atoms with Crippen LogP contribution in [0.3, 0.4) is 0 Å². The van der Waals surface area contributed by atoms with Gasteiger partial charge in [0.05, 0.1) is 11.1 Å². The lowest BCUT2D eigenvalue weighted by Gasteiger charge is -2.38. The number of benzene rings is 1. The van der Waals surface area contributed by atoms with Crippen molar-refractivity contribution >= 4 is 28.6 Å². The van der Waals surface area contributed by atoms with Crippen LogP contribution >= 0.6 is 22.7 Å². The van der Waals surface area contributed by atoms with E-state index >= 15 is 0 Å². The molecule has 0 spiro atoms. The second kappa shape index (κ2) is 7.88. The minimum Gasteiger partial charge on any atom is -0.381 e. The Morgan fingerprint density at radius 1 is 1.22 bits per heavy atom. The summed E-state index contributed by atoms with van der Waals surface area (Å²) in [6, 6.07) is 10.5. The predicted molar refractivity (Wildman–Crippen MR) is 106 cm³/mol. The minimum absolute atomic E-state index is 0.122. The molecule has 0 atom stereocenters. The molecule has 140 valence electrons. The third-order valence-electron chi connectivity index (χ3n) is 4.96. The first-order chi connectivity index (χ1) is 13.2. The van der Waals surface area contributed by atoms with Crippen molar-refractivity contribution in [1.82, 2.24) is 10.3 Å². The van der Waals surface area contributed by atoms with E-state index in [1.54, 1.807) is 17.5 Å². The molecule has 1 fully saturated rings. The summed E-state index contributed by atoms with van der Waals surface area (Å²) in [5, 5.41) is 5.92. The van der Waals surface area contributed by atoms with Gasteiger partial charge in [-0.1, -0.05) is 18.2 Å². The first-order valence-electron chi connectivity index (χ1n) is 8.78. The van der Waals surface area contributed by atoms with Crippen molar-refractivity contribution in [2.24, 2.45) is 0 Å². The summed E-state index contributed by atoms with van der Waals surface area (Å²) < 4.78 is 18.8. The molecule has 1 aliphatic rings. The van der Waals surface area contributed by atoms with Gasteiger partial charge in [-0.25, -0.2) is 9.37 Å². The van der Waals surface area contributed by atoms with Crippen molar-refractivity contribution in [2.75, 3.05) is 19.8 Å². The Kier molecular flexibility index (Phi) is 5.33. The predicted octanol–water partition coefficient (Wildman–Crippen LogP) is 4.49. The number of nitrogens with one attached hydrogen (secondary N) is 1. The van der Waals surface area contributed by atoms with Crippen LogP contribution in [0.5, 0.6) is 0 Å². The van der Waals surface area contributed by atoms with Crippen molar-refractivity contribution in [1.29, 1.82) is 0 Å². The molecule has 0 saturated carbocycles. The normalized spacial score (nSPS) is 16.2. The number of hydrogen-bond donors (Lipinski definition) is 1. The summed E-state index contributed by atoms with van der Waals surface area (Å²) in [6.07, 6.45) is 3.22. The Balaban J connectivity index is 1.49. The summed E-state index contributed by atoms with van der Waals surface area (Å²) in [5.74, 6) is -0.376. The van der Waals surface area contributed by atoms with Crippen LogP contribution in [0.25, 0.3) is 9.88 Å². The molecule has 4 nitrogen and oxygen atoms in total. The van der Waals surface area contributed by atoms with Crippen LogP contribution in [-0.2, 0) is 10.2 Å². The zero-order valence-electron chi connectivity index (χ0n) is 14.6. The van der Waals surface area contributed by atoms with Crippen molar-refractivity contribution in [3.8, 4) is 9.88 Å². The lowest BCUT2D eigenvalue weighted by atomic mass is 9.74. The van der Waals surface area contributed by atoms with E-state index in [1.807, 2.05) is 29.6 Å². The van der Waals surface area contributed by atoms with Crippen molar-refractivity contribution in [2.45, 2.75) is 18.3 Å². The van der Waals surface area contributed by atoms with Crippen LogP contribution in [0.4, 0.5) is 4.39 Å². The molecule has 7 heteroatoms. The maximum Gasteiger partial charge on any atom is 0.263 e. The van der Waals surface area contributed by atoms with Crippen molar-refractivity contribution in [3.63, 3.8) is 0 Å². The summed E-state index contributed by atoms with van der Waals surface area (Å²) >= 11 is 3.00. The molecule has 1 aliphatic heterocycles. The SMILES string of the molecule is O=C(NCC1(c2ccc(F)cc2)CCOCC1)c1cnc(-c2cccs2)s1. The quantitative estimate of drug-likeness (QED) is 0.684. The minimum atomic E-state index is -0.254. The largest absolute Gasteiger partial charge is 0.381 e. The number of hydrogen-bond acceptors (Lipinski definition) is 5. The third-order valence-corrected chi connectivity index (χ3v) is 6.99. The molecule has 0 radical (unpaired) electrons. The molecule has 1 aromatic carbocycles. The fraction of sp³-hybridized carbons (Fsp3) is 0.300. The molecule has 0 unspecified atom stereocenters. The highest BCUT2D eigenvalue weighted by Crippen LogP contribution is 2.35. The Morgan fingerprint density at radius 2 is 2.00 bits per heavy atom. The van der Waals surface area contributed by atoms with E-state index in [0.717, 1.165) is 28.3 Å². The van der Waals surface area contributed by atoms with Crippen LogP contribution in [0.2, 0.25) is 0 Å². The van der Waals surface area contributed by atoms with Crippen molar-refractivity contribution in [3.05, 3.63) is 64.2 Å². The van der Waals surface area contributed by atoms with E-state index in [1.165, 1.54) is 23.5 Å². The third kappa shape index (κ3) is 3.95. The van der Waals surface area contributed by atoms with E-state index < -0.39 is 0 Å². The van der Waals surface area contributed by atoms with Gasteiger partial charge in [0.25, 0.3) is 5.91 Å². The molecule has 0 bridgehead atoms. The van der Waals surface area contributed by atoms with Gasteiger partial charge < -0.3 is 10.1 Å². The number of ether oxygens (including phenoxy) is 1. The van der Waals surface area contributed by atoms with Gasteiger partial charge in [-0.15, -0.1) is 22.7 Å². The zero-order chi connectivity index (χ0) is 18.7. The lowest BCUT2D eigenvalue weighted by Crippen LogP contribution is -2.44. The highest BCUT2D eigenvalue weighted by molar-refractivity contribution is 7.21. The van der Waals surface area contributed by atoms with Crippen molar-refractivity contribution < 1.29 is 13.9 Å². The Labute approximate surface area is 165 Å². The van der Waals surface area contributed by atoms with Gasteiger partial charge in [0.15, 0.2) is 0 Å². The number of amides is 1. The van der Waals surface area contributed by atoms with Crippen LogP contribution in [0.15, 0.2) is 48.0 Å². The molecule has 4 rings (SSSR count). The monoisotopic (exact) mass is 402 g/mol. The van der Waals surface area contributed by atoms with Gasteiger partial charge in [-0.3, -0.25) is 4.79 Å². The molecular weight excluding hydrogens is 383 g/mol. The number of halogens is 1.